The molecule has 0 unspecified atom stereocenters. The Hall–Kier alpha value is -2.60. The Morgan fingerprint density at radius 2 is 2.00 bits per heavy atom. The topological polar surface area (TPSA) is 71.2 Å². The maximum atomic E-state index is 12.3. The van der Waals surface area contributed by atoms with Crippen molar-refractivity contribution in [2.24, 2.45) is 0 Å². The van der Waals surface area contributed by atoms with Crippen molar-refractivity contribution in [1.82, 2.24) is 4.98 Å². The molecule has 0 atom stereocenters. The zero-order chi connectivity index (χ0) is 17.9. The Kier molecular flexibility index (Phi) is 4.75. The van der Waals surface area contributed by atoms with Crippen LogP contribution < -0.4 is 16.0 Å². The van der Waals surface area contributed by atoms with Crippen LogP contribution in [0.15, 0.2) is 42.5 Å². The molecule has 0 radical (unpaired) electrons. The summed E-state index contributed by atoms with van der Waals surface area (Å²) in [7, 11) is 0. The van der Waals surface area contributed by atoms with Crippen molar-refractivity contribution in [3.63, 3.8) is 0 Å². The van der Waals surface area contributed by atoms with Crippen molar-refractivity contribution in [3.8, 4) is 0 Å². The number of aromatic nitrogens is 1. The molecule has 2 aromatic carbocycles. The normalized spacial score (nSPS) is 14.1. The Morgan fingerprint density at radius 3 is 2.81 bits per heavy atom. The van der Waals surface area contributed by atoms with E-state index in [2.05, 4.69) is 10.2 Å². The summed E-state index contributed by atoms with van der Waals surface area (Å²) >= 11 is 1.69. The second-order valence-electron chi connectivity index (χ2n) is 6.62. The van der Waals surface area contributed by atoms with E-state index in [0.717, 1.165) is 45.4 Å². The number of anilines is 3. The lowest BCUT2D eigenvalue weighted by atomic mass is 10.1. The summed E-state index contributed by atoms with van der Waals surface area (Å²) in [5, 5.41) is 4.07. The molecule has 5 nitrogen and oxygen atoms in total. The highest BCUT2D eigenvalue weighted by Gasteiger charge is 2.16. The molecule has 4 rings (SSSR count). The number of hydrogen-bond donors (Lipinski definition) is 2. The molecule has 1 saturated heterocycles. The van der Waals surface area contributed by atoms with E-state index in [0.29, 0.717) is 12.8 Å². The number of aryl methyl sites for hydroxylation is 1. The summed E-state index contributed by atoms with van der Waals surface area (Å²) in [4.78, 5) is 19.3. The van der Waals surface area contributed by atoms with Crippen LogP contribution in [0.4, 0.5) is 16.5 Å². The number of nitrogen functional groups attached to an aromatic ring is 1. The molecule has 0 spiro atoms. The average Bonchev–Trinajstić information content (AvgIpc) is 3.30. The van der Waals surface area contributed by atoms with Gasteiger partial charge in [-0.3, -0.25) is 4.79 Å². The monoisotopic (exact) mass is 366 g/mol. The molecule has 134 valence electrons. The maximum Gasteiger partial charge on any atom is 0.224 e. The van der Waals surface area contributed by atoms with E-state index in [-0.39, 0.29) is 5.91 Å². The lowest BCUT2D eigenvalue weighted by Gasteiger charge is -2.11. The van der Waals surface area contributed by atoms with Gasteiger partial charge in [0, 0.05) is 30.9 Å². The van der Waals surface area contributed by atoms with Crippen molar-refractivity contribution >= 4 is 44.0 Å². The lowest BCUT2D eigenvalue weighted by Crippen LogP contribution is -2.16. The molecule has 2 heterocycles. The fraction of sp³-hybridized carbons (Fsp3) is 0.300. The van der Waals surface area contributed by atoms with Crippen molar-refractivity contribution in [2.75, 3.05) is 29.0 Å². The van der Waals surface area contributed by atoms with Crippen LogP contribution in [0.1, 0.15) is 24.8 Å². The van der Waals surface area contributed by atoms with Gasteiger partial charge < -0.3 is 16.0 Å². The van der Waals surface area contributed by atoms with Crippen LogP contribution in [0, 0.1) is 0 Å². The van der Waals surface area contributed by atoms with Gasteiger partial charge in [-0.15, -0.1) is 0 Å². The van der Waals surface area contributed by atoms with Crippen LogP contribution in [0.3, 0.4) is 0 Å². The molecule has 0 aliphatic carbocycles. The number of carbonyl (C=O) groups is 1. The van der Waals surface area contributed by atoms with E-state index in [1.54, 1.807) is 11.3 Å². The van der Waals surface area contributed by atoms with Crippen LogP contribution in [0.5, 0.6) is 0 Å². The predicted octanol–water partition coefficient (Wildman–Crippen LogP) is 4.05. The fourth-order valence-corrected chi connectivity index (χ4v) is 4.32. The summed E-state index contributed by atoms with van der Waals surface area (Å²) in [6, 6.07) is 13.6. The summed E-state index contributed by atoms with van der Waals surface area (Å²) in [6.07, 6.45) is 3.53. The number of nitrogens with one attached hydrogen (secondary N) is 1. The summed E-state index contributed by atoms with van der Waals surface area (Å²) in [6.45, 7) is 2.18. The van der Waals surface area contributed by atoms with E-state index >= 15 is 0 Å². The van der Waals surface area contributed by atoms with Crippen molar-refractivity contribution < 1.29 is 4.79 Å². The highest BCUT2D eigenvalue weighted by atomic mass is 32.1. The number of nitrogens with zero attached hydrogens (tertiary/aromatic N) is 2. The van der Waals surface area contributed by atoms with Gasteiger partial charge >= 0.3 is 0 Å². The van der Waals surface area contributed by atoms with E-state index in [9.17, 15) is 4.79 Å². The lowest BCUT2D eigenvalue weighted by molar-refractivity contribution is -0.116. The Balaban J connectivity index is 1.41. The van der Waals surface area contributed by atoms with Crippen LogP contribution in [-0.2, 0) is 11.2 Å². The molecule has 1 amide bonds. The van der Waals surface area contributed by atoms with Gasteiger partial charge in [0.25, 0.3) is 0 Å². The first-order valence-electron chi connectivity index (χ1n) is 8.98. The van der Waals surface area contributed by atoms with E-state index in [1.807, 2.05) is 42.5 Å². The minimum absolute atomic E-state index is 0.00288. The van der Waals surface area contributed by atoms with Gasteiger partial charge in [0.2, 0.25) is 5.91 Å². The van der Waals surface area contributed by atoms with Gasteiger partial charge in [0.1, 0.15) is 0 Å². The molecule has 3 aromatic rings. The van der Waals surface area contributed by atoms with Gasteiger partial charge in [-0.05, 0) is 49.1 Å². The standard InChI is InChI=1S/C20H22N4OS/c21-16-6-2-1-5-14(16)7-10-19(25)22-15-8-9-17-18(13-15)26-20(23-17)24-11-3-4-12-24/h1-2,5-6,8-9,13H,3-4,7,10-12,21H2,(H,22,25). The number of thiazole rings is 1. The molecular weight excluding hydrogens is 344 g/mol. The number of fused-ring (bicyclic) bond motifs is 1. The van der Waals surface area contributed by atoms with E-state index in [1.165, 1.54) is 12.8 Å². The molecule has 1 aliphatic rings. The number of para-hydroxylation sites is 1. The van der Waals surface area contributed by atoms with E-state index in [4.69, 9.17) is 10.7 Å². The SMILES string of the molecule is Nc1ccccc1CCC(=O)Nc1ccc2nc(N3CCCC3)sc2c1. The smallest absolute Gasteiger partial charge is 0.224 e. The zero-order valence-corrected chi connectivity index (χ0v) is 15.4. The molecule has 6 heteroatoms. The first-order chi connectivity index (χ1) is 12.7. The van der Waals surface area contributed by atoms with Gasteiger partial charge in [-0.2, -0.15) is 0 Å². The highest BCUT2D eigenvalue weighted by molar-refractivity contribution is 7.22. The van der Waals surface area contributed by atoms with Crippen molar-refractivity contribution in [2.45, 2.75) is 25.7 Å². The molecule has 26 heavy (non-hydrogen) atoms. The van der Waals surface area contributed by atoms with Gasteiger partial charge in [-0.1, -0.05) is 29.5 Å². The summed E-state index contributed by atoms with van der Waals surface area (Å²) < 4.78 is 1.11. The maximum absolute atomic E-state index is 12.3. The highest BCUT2D eigenvalue weighted by Crippen LogP contribution is 2.32. The number of benzene rings is 2. The number of hydrogen-bond acceptors (Lipinski definition) is 5. The first-order valence-corrected chi connectivity index (χ1v) is 9.79. The second-order valence-corrected chi connectivity index (χ2v) is 7.63. The largest absolute Gasteiger partial charge is 0.399 e. The van der Waals surface area contributed by atoms with Gasteiger partial charge in [0.05, 0.1) is 10.2 Å². The minimum Gasteiger partial charge on any atom is -0.399 e. The van der Waals surface area contributed by atoms with Crippen molar-refractivity contribution in [1.29, 1.82) is 0 Å². The zero-order valence-electron chi connectivity index (χ0n) is 14.6. The Labute approximate surface area is 156 Å². The molecule has 0 bridgehead atoms. The average molecular weight is 366 g/mol. The molecule has 0 saturated carbocycles. The number of amides is 1. The molecule has 1 fully saturated rings. The second kappa shape index (κ2) is 7.33. The van der Waals surface area contributed by atoms with Crippen molar-refractivity contribution in [3.05, 3.63) is 48.0 Å². The quantitative estimate of drug-likeness (QED) is 0.668. The third kappa shape index (κ3) is 3.65. The van der Waals surface area contributed by atoms with Crippen LogP contribution in [0.25, 0.3) is 10.2 Å². The number of rotatable bonds is 5. The predicted molar refractivity (Wildman–Crippen MR) is 109 cm³/mol. The van der Waals surface area contributed by atoms with Gasteiger partial charge in [-0.25, -0.2) is 4.98 Å². The number of nitrogens with two attached hydrogens (primary N) is 1. The van der Waals surface area contributed by atoms with Crippen LogP contribution in [-0.4, -0.2) is 24.0 Å². The number of carbonyl (C=O) groups excluding carboxylic acids is 1. The summed E-state index contributed by atoms with van der Waals surface area (Å²) in [5.41, 5.74) is 9.49. The molecular formula is C20H22N4OS. The summed E-state index contributed by atoms with van der Waals surface area (Å²) in [5.74, 6) is -0.00288. The first kappa shape index (κ1) is 16.8. The van der Waals surface area contributed by atoms with Gasteiger partial charge in [0.15, 0.2) is 5.13 Å². The third-order valence-electron chi connectivity index (χ3n) is 4.71. The fourth-order valence-electron chi connectivity index (χ4n) is 3.27. The Morgan fingerprint density at radius 1 is 1.19 bits per heavy atom. The van der Waals surface area contributed by atoms with E-state index < -0.39 is 0 Å². The van der Waals surface area contributed by atoms with Crippen LogP contribution in [0.2, 0.25) is 0 Å². The minimum atomic E-state index is -0.00288. The molecule has 1 aromatic heterocycles. The Bertz CT molecular complexity index is 930. The van der Waals surface area contributed by atoms with Crippen LogP contribution >= 0.6 is 11.3 Å². The molecule has 3 N–H and O–H groups in total. The third-order valence-corrected chi connectivity index (χ3v) is 5.79. The molecule has 1 aliphatic heterocycles.